The van der Waals surface area contributed by atoms with Crippen molar-refractivity contribution in [2.24, 2.45) is 0 Å². The van der Waals surface area contributed by atoms with Crippen molar-refractivity contribution in [3.63, 3.8) is 0 Å². The molecule has 0 atom stereocenters. The zero-order chi connectivity index (χ0) is 37.8. The Morgan fingerprint density at radius 1 is 0.596 bits per heavy atom. The fraction of sp³-hybridized carbons (Fsp3) is 0.333. The van der Waals surface area contributed by atoms with Crippen LogP contribution in [0.4, 0.5) is 0 Å². The Morgan fingerprint density at radius 2 is 1.02 bits per heavy atom. The number of benzene rings is 4. The van der Waals surface area contributed by atoms with Crippen LogP contribution in [-0.2, 0) is 32.2 Å². The Kier molecular flexibility index (Phi) is 21.6. The van der Waals surface area contributed by atoms with Crippen molar-refractivity contribution in [2.45, 2.75) is 34.0 Å². The molecule has 0 aliphatic rings. The molecule has 0 amide bonds. The summed E-state index contributed by atoms with van der Waals surface area (Å²) in [4.78, 5) is 23.5. The Balaban J connectivity index is 0.000000901. The van der Waals surface area contributed by atoms with Gasteiger partial charge in [0, 0.05) is 33.0 Å². The fourth-order valence-corrected chi connectivity index (χ4v) is 4.37. The summed E-state index contributed by atoms with van der Waals surface area (Å²) in [5.74, 6) is 1.81. The molecule has 0 aromatic heterocycles. The van der Waals surface area contributed by atoms with E-state index in [2.05, 4.69) is 9.47 Å². The van der Waals surface area contributed by atoms with E-state index in [0.29, 0.717) is 47.2 Å². The molecule has 0 aliphatic heterocycles. The van der Waals surface area contributed by atoms with Crippen molar-refractivity contribution in [3.8, 4) is 34.5 Å². The van der Waals surface area contributed by atoms with Crippen LogP contribution in [0.3, 0.4) is 0 Å². The minimum absolute atomic E-state index is 0. The molecule has 13 heteroatoms. The molecule has 0 radical (unpaired) electrons. The van der Waals surface area contributed by atoms with Crippen molar-refractivity contribution in [3.05, 3.63) is 106 Å². The predicted molar refractivity (Wildman–Crippen MR) is 193 cm³/mol. The molecule has 0 fully saturated rings. The SMILES string of the molecule is CCOC.COC(=O)c1c(C)cc(OCc2ccc(OC)cc2)cc1O.COCOc1cc(OCc2ccc(OC)cc2)cc(C)c1C(=O)OC.[H-].[Na+]. The maximum atomic E-state index is 12.0. The predicted octanol–water partition coefficient (Wildman–Crippen LogP) is 4.20. The van der Waals surface area contributed by atoms with Crippen LogP contribution in [0.5, 0.6) is 34.5 Å². The maximum absolute atomic E-state index is 12.0. The zero-order valence-corrected chi connectivity index (χ0v) is 33.7. The molecule has 0 saturated carbocycles. The molecule has 1 N–H and O–H groups in total. The second-order valence-corrected chi connectivity index (χ2v) is 10.6. The maximum Gasteiger partial charge on any atom is 1.00 e. The van der Waals surface area contributed by atoms with Gasteiger partial charge in [0.15, 0.2) is 6.79 Å². The number of ether oxygens (including phenoxy) is 9. The first-order chi connectivity index (χ1) is 24.5. The summed E-state index contributed by atoms with van der Waals surface area (Å²) < 4.78 is 46.1. The number of esters is 2. The van der Waals surface area contributed by atoms with E-state index >= 15 is 0 Å². The fourth-order valence-electron chi connectivity index (χ4n) is 4.37. The van der Waals surface area contributed by atoms with Crippen molar-refractivity contribution in [2.75, 3.05) is 56.1 Å². The van der Waals surface area contributed by atoms with Crippen LogP contribution in [0, 0.1) is 13.8 Å². The Hall–Kier alpha value is -4.46. The average molecular weight is 733 g/mol. The number of hydrogen-bond acceptors (Lipinski definition) is 12. The summed E-state index contributed by atoms with van der Waals surface area (Å²) in [6.07, 6.45) is 0. The molecule has 4 aromatic rings. The number of carbonyl (C=O) groups is 2. The van der Waals surface area contributed by atoms with Gasteiger partial charge in [-0.2, -0.15) is 0 Å². The largest absolute Gasteiger partial charge is 1.00 e. The molecule has 4 aromatic carbocycles. The molecule has 0 unspecified atom stereocenters. The number of rotatable bonds is 14. The van der Waals surface area contributed by atoms with Gasteiger partial charge in [-0.3, -0.25) is 0 Å². The van der Waals surface area contributed by atoms with Crippen molar-refractivity contribution in [1.29, 1.82) is 0 Å². The van der Waals surface area contributed by atoms with E-state index in [1.807, 2.05) is 55.5 Å². The average Bonchev–Trinajstić information content (AvgIpc) is 3.15. The second kappa shape index (κ2) is 24.7. The quantitative estimate of drug-likeness (QED) is 0.113. The van der Waals surface area contributed by atoms with E-state index in [9.17, 15) is 14.7 Å². The van der Waals surface area contributed by atoms with Gasteiger partial charge in [-0.05, 0) is 79.4 Å². The van der Waals surface area contributed by atoms with Crippen LogP contribution in [0.25, 0.3) is 0 Å². The first-order valence-corrected chi connectivity index (χ1v) is 15.8. The van der Waals surface area contributed by atoms with Gasteiger partial charge in [-0.25, -0.2) is 9.59 Å². The third-order valence-corrected chi connectivity index (χ3v) is 7.09. The normalized spacial score (nSPS) is 9.79. The topological polar surface area (TPSA) is 137 Å². The summed E-state index contributed by atoms with van der Waals surface area (Å²) in [6, 6.07) is 21.6. The smallest absolute Gasteiger partial charge is 1.00 e. The van der Waals surface area contributed by atoms with E-state index in [0.717, 1.165) is 29.2 Å². The monoisotopic (exact) mass is 732 g/mol. The van der Waals surface area contributed by atoms with Gasteiger partial charge in [0.25, 0.3) is 0 Å². The molecule has 12 nitrogen and oxygen atoms in total. The Labute approximate surface area is 329 Å². The van der Waals surface area contributed by atoms with Crippen LogP contribution in [0.1, 0.15) is 51.3 Å². The van der Waals surface area contributed by atoms with Crippen LogP contribution in [0.15, 0.2) is 72.8 Å². The minimum atomic E-state index is -0.572. The summed E-state index contributed by atoms with van der Waals surface area (Å²) in [6.45, 7) is 7.04. The van der Waals surface area contributed by atoms with Gasteiger partial charge in [0.05, 0.1) is 28.4 Å². The van der Waals surface area contributed by atoms with Crippen molar-refractivity contribution >= 4 is 11.9 Å². The van der Waals surface area contributed by atoms with E-state index in [1.165, 1.54) is 27.4 Å². The van der Waals surface area contributed by atoms with E-state index < -0.39 is 11.9 Å². The standard InChI is InChI=1S/C19H22O6.C17H18O5.C3H8O.Na.H/c1-13-9-16(24-11-14-5-7-15(22-3)8-6-14)10-17(25-12-21-2)18(13)19(20)23-4;1-11-8-14(9-15(18)16(11)17(19)21-3)22-10-12-4-6-13(20-2)7-5-12;1-3-4-2;;/h5-10H,11-12H2,1-4H3;4-9,18H,10H2,1-3H3;3H2,1-2H3;;/q;;;+1;-1. The van der Waals surface area contributed by atoms with Crippen LogP contribution >= 0.6 is 0 Å². The molecule has 278 valence electrons. The van der Waals surface area contributed by atoms with E-state index in [1.54, 1.807) is 53.4 Å². The molecular weight excluding hydrogens is 683 g/mol. The number of phenolic OH excluding ortho intramolecular Hbond substituents is 1. The summed E-state index contributed by atoms with van der Waals surface area (Å²) in [5.41, 5.74) is 3.77. The molecule has 52 heavy (non-hydrogen) atoms. The molecule has 4 rings (SSSR count). The van der Waals surface area contributed by atoms with Gasteiger partial charge in [-0.15, -0.1) is 0 Å². The summed E-state index contributed by atoms with van der Waals surface area (Å²) in [7, 11) is 9.03. The summed E-state index contributed by atoms with van der Waals surface area (Å²) in [5, 5.41) is 9.94. The number of methoxy groups -OCH3 is 6. The van der Waals surface area contributed by atoms with E-state index in [-0.39, 0.29) is 49.1 Å². The third-order valence-electron chi connectivity index (χ3n) is 7.09. The Bertz CT molecular complexity index is 1640. The van der Waals surface area contributed by atoms with Crippen LogP contribution < -0.4 is 53.2 Å². The number of aromatic hydroxyl groups is 1. The zero-order valence-electron chi connectivity index (χ0n) is 32.7. The van der Waals surface area contributed by atoms with E-state index in [4.69, 9.17) is 33.2 Å². The van der Waals surface area contributed by atoms with Crippen molar-refractivity contribution < 1.29 is 88.3 Å². The number of carbonyl (C=O) groups excluding carboxylic acids is 2. The number of aryl methyl sites for hydroxylation is 2. The second-order valence-electron chi connectivity index (χ2n) is 10.6. The minimum Gasteiger partial charge on any atom is -1.00 e. The molecule has 0 aliphatic carbocycles. The first-order valence-electron chi connectivity index (χ1n) is 15.8. The molecular formula is C39H49NaO12. The van der Waals surface area contributed by atoms with Gasteiger partial charge >= 0.3 is 41.5 Å². The molecule has 0 spiro atoms. The molecule has 0 saturated heterocycles. The number of hydrogen-bond donors (Lipinski definition) is 1. The summed E-state index contributed by atoms with van der Waals surface area (Å²) >= 11 is 0. The first kappa shape index (κ1) is 45.6. The molecule has 0 bridgehead atoms. The van der Waals surface area contributed by atoms with Gasteiger partial charge in [-0.1, -0.05) is 24.3 Å². The third kappa shape index (κ3) is 14.6. The van der Waals surface area contributed by atoms with Gasteiger partial charge < -0.3 is 49.2 Å². The van der Waals surface area contributed by atoms with Crippen LogP contribution in [0.2, 0.25) is 0 Å². The van der Waals surface area contributed by atoms with Gasteiger partial charge in [0.1, 0.15) is 58.8 Å². The number of phenols is 1. The Morgan fingerprint density at radius 3 is 1.40 bits per heavy atom. The van der Waals surface area contributed by atoms with Crippen molar-refractivity contribution in [1.82, 2.24) is 0 Å². The van der Waals surface area contributed by atoms with Gasteiger partial charge in [0.2, 0.25) is 0 Å². The van der Waals surface area contributed by atoms with Crippen LogP contribution in [-0.4, -0.2) is 73.1 Å². The molecule has 0 heterocycles.